The Morgan fingerprint density at radius 1 is 1.31 bits per heavy atom. The molecule has 1 aromatic heterocycles. The van der Waals surface area contributed by atoms with Gasteiger partial charge in [0.15, 0.2) is 0 Å². The van der Waals surface area contributed by atoms with Crippen LogP contribution in [0.3, 0.4) is 0 Å². The van der Waals surface area contributed by atoms with E-state index in [9.17, 15) is 0 Å². The van der Waals surface area contributed by atoms with Crippen LogP contribution in [0.2, 0.25) is 5.28 Å². The molecule has 16 heavy (non-hydrogen) atoms. The van der Waals surface area contributed by atoms with Gasteiger partial charge in [-0.25, -0.2) is 9.97 Å². The minimum atomic E-state index is 0.324. The molecule has 0 fully saturated rings. The Bertz CT molecular complexity index is 501. The number of hydrogen-bond acceptors (Lipinski definition) is 3. The fourth-order valence-corrected chi connectivity index (χ4v) is 2.60. The number of aromatic nitrogens is 2. The van der Waals surface area contributed by atoms with E-state index in [4.69, 9.17) is 11.6 Å². The van der Waals surface area contributed by atoms with Gasteiger partial charge in [-0.1, -0.05) is 32.0 Å². The molecule has 1 atom stereocenters. The van der Waals surface area contributed by atoms with E-state index in [0.29, 0.717) is 10.5 Å². The topological polar surface area (TPSA) is 25.8 Å². The highest BCUT2D eigenvalue weighted by Crippen LogP contribution is 2.30. The van der Waals surface area contributed by atoms with Crippen molar-refractivity contribution < 1.29 is 0 Å². The second-order valence-corrected chi connectivity index (χ2v) is 5.42. The smallest absolute Gasteiger partial charge is 0.218 e. The van der Waals surface area contributed by atoms with Crippen molar-refractivity contribution in [3.05, 3.63) is 29.5 Å². The number of fused-ring (bicyclic) bond motifs is 1. The maximum Gasteiger partial charge on any atom is 0.224 e. The zero-order valence-electron chi connectivity index (χ0n) is 9.27. The Hall–Kier alpha value is -0.800. The highest BCUT2D eigenvalue weighted by atomic mass is 35.5. The Balaban J connectivity index is 2.50. The third-order valence-corrected chi connectivity index (χ3v) is 3.87. The van der Waals surface area contributed by atoms with Crippen molar-refractivity contribution in [3.8, 4) is 0 Å². The zero-order chi connectivity index (χ0) is 11.5. The maximum absolute atomic E-state index is 5.91. The molecule has 0 spiro atoms. The Kier molecular flexibility index (Phi) is 3.66. The molecule has 0 saturated carbocycles. The molecule has 0 N–H and O–H groups in total. The summed E-state index contributed by atoms with van der Waals surface area (Å²) in [6.07, 6.45) is 1.11. The predicted octanol–water partition coefficient (Wildman–Crippen LogP) is 4.17. The fraction of sp³-hybridized carbons (Fsp3) is 0.333. The molecule has 1 unspecified atom stereocenters. The van der Waals surface area contributed by atoms with Gasteiger partial charge in [0.2, 0.25) is 5.28 Å². The van der Waals surface area contributed by atoms with E-state index in [1.807, 2.05) is 24.3 Å². The Morgan fingerprint density at radius 3 is 2.81 bits per heavy atom. The first-order valence-electron chi connectivity index (χ1n) is 5.29. The van der Waals surface area contributed by atoms with Gasteiger partial charge in [0.25, 0.3) is 0 Å². The number of rotatable bonds is 3. The minimum absolute atomic E-state index is 0.324. The maximum atomic E-state index is 5.91. The number of thioether (sulfide) groups is 1. The second kappa shape index (κ2) is 5.02. The summed E-state index contributed by atoms with van der Waals surface area (Å²) in [7, 11) is 0. The summed E-state index contributed by atoms with van der Waals surface area (Å²) in [6.45, 7) is 4.36. The molecule has 0 saturated heterocycles. The van der Waals surface area contributed by atoms with E-state index in [0.717, 1.165) is 22.3 Å². The lowest BCUT2D eigenvalue weighted by molar-refractivity contribution is 0.901. The van der Waals surface area contributed by atoms with Crippen molar-refractivity contribution in [1.29, 1.82) is 0 Å². The number of para-hydroxylation sites is 1. The molecule has 4 heteroatoms. The molecule has 2 nitrogen and oxygen atoms in total. The van der Waals surface area contributed by atoms with Gasteiger partial charge < -0.3 is 0 Å². The third kappa shape index (κ3) is 2.47. The summed E-state index contributed by atoms with van der Waals surface area (Å²) in [6, 6.07) is 7.96. The van der Waals surface area contributed by atoms with Crippen molar-refractivity contribution in [2.24, 2.45) is 0 Å². The van der Waals surface area contributed by atoms with Gasteiger partial charge >= 0.3 is 0 Å². The molecule has 0 bridgehead atoms. The minimum Gasteiger partial charge on any atom is -0.218 e. The van der Waals surface area contributed by atoms with Crippen LogP contribution in [-0.4, -0.2) is 15.2 Å². The average molecular weight is 253 g/mol. The van der Waals surface area contributed by atoms with E-state index in [1.54, 1.807) is 11.8 Å². The number of benzene rings is 1. The van der Waals surface area contributed by atoms with Gasteiger partial charge in [-0.2, -0.15) is 0 Å². The fourth-order valence-electron chi connectivity index (χ4n) is 1.38. The number of hydrogen-bond donors (Lipinski definition) is 0. The van der Waals surface area contributed by atoms with Crippen molar-refractivity contribution in [1.82, 2.24) is 9.97 Å². The number of halogens is 1. The van der Waals surface area contributed by atoms with Crippen LogP contribution in [0.4, 0.5) is 0 Å². The van der Waals surface area contributed by atoms with E-state index >= 15 is 0 Å². The van der Waals surface area contributed by atoms with Crippen LogP contribution in [0.25, 0.3) is 10.9 Å². The first-order valence-corrected chi connectivity index (χ1v) is 6.55. The summed E-state index contributed by atoms with van der Waals surface area (Å²) in [5, 5.41) is 2.92. The van der Waals surface area contributed by atoms with Crippen molar-refractivity contribution in [3.63, 3.8) is 0 Å². The molecule has 2 rings (SSSR count). The van der Waals surface area contributed by atoms with Crippen LogP contribution < -0.4 is 0 Å². The summed E-state index contributed by atoms with van der Waals surface area (Å²) in [5.41, 5.74) is 0.910. The molecule has 0 aliphatic carbocycles. The Morgan fingerprint density at radius 2 is 2.06 bits per heavy atom. The van der Waals surface area contributed by atoms with Gasteiger partial charge in [0.05, 0.1) is 5.52 Å². The van der Waals surface area contributed by atoms with Crippen LogP contribution in [0, 0.1) is 0 Å². The monoisotopic (exact) mass is 252 g/mol. The van der Waals surface area contributed by atoms with Gasteiger partial charge in [-0.3, -0.25) is 0 Å². The van der Waals surface area contributed by atoms with Gasteiger partial charge in [-0.15, -0.1) is 11.8 Å². The van der Waals surface area contributed by atoms with Crippen molar-refractivity contribution >= 4 is 34.3 Å². The molecule has 0 amide bonds. The molecule has 84 valence electrons. The molecule has 0 aliphatic heterocycles. The summed E-state index contributed by atoms with van der Waals surface area (Å²) >= 11 is 7.67. The largest absolute Gasteiger partial charge is 0.224 e. The molecular weight excluding hydrogens is 240 g/mol. The van der Waals surface area contributed by atoms with E-state index in [1.165, 1.54) is 0 Å². The summed E-state index contributed by atoms with van der Waals surface area (Å²) < 4.78 is 0. The van der Waals surface area contributed by atoms with E-state index in [2.05, 4.69) is 23.8 Å². The van der Waals surface area contributed by atoms with E-state index < -0.39 is 0 Å². The quantitative estimate of drug-likeness (QED) is 0.466. The van der Waals surface area contributed by atoms with Crippen molar-refractivity contribution in [2.45, 2.75) is 30.5 Å². The SMILES string of the molecule is CCC(C)Sc1nc(Cl)nc2ccccc12. The van der Waals surface area contributed by atoms with Gasteiger partial charge in [0, 0.05) is 10.6 Å². The third-order valence-electron chi connectivity index (χ3n) is 2.43. The summed E-state index contributed by atoms with van der Waals surface area (Å²) in [4.78, 5) is 8.52. The lowest BCUT2D eigenvalue weighted by atomic mass is 10.2. The van der Waals surface area contributed by atoms with Crippen LogP contribution in [0.5, 0.6) is 0 Å². The van der Waals surface area contributed by atoms with Crippen LogP contribution in [-0.2, 0) is 0 Å². The highest BCUT2D eigenvalue weighted by Gasteiger charge is 2.09. The van der Waals surface area contributed by atoms with Crippen LogP contribution in [0.1, 0.15) is 20.3 Å². The molecule has 1 heterocycles. The lowest BCUT2D eigenvalue weighted by Gasteiger charge is -2.09. The van der Waals surface area contributed by atoms with E-state index in [-0.39, 0.29) is 0 Å². The summed E-state index contributed by atoms with van der Waals surface area (Å²) in [5.74, 6) is 0. The molecule has 1 aromatic carbocycles. The van der Waals surface area contributed by atoms with Crippen LogP contribution in [0.15, 0.2) is 29.3 Å². The predicted molar refractivity (Wildman–Crippen MR) is 70.2 cm³/mol. The normalized spacial score (nSPS) is 12.9. The number of nitrogens with zero attached hydrogens (tertiary/aromatic N) is 2. The Labute approximate surface area is 104 Å². The van der Waals surface area contributed by atoms with Gasteiger partial charge in [-0.05, 0) is 24.1 Å². The first kappa shape index (κ1) is 11.7. The first-order chi connectivity index (χ1) is 7.70. The zero-order valence-corrected chi connectivity index (χ0v) is 10.8. The van der Waals surface area contributed by atoms with Gasteiger partial charge in [0.1, 0.15) is 5.03 Å². The van der Waals surface area contributed by atoms with Crippen molar-refractivity contribution in [2.75, 3.05) is 0 Å². The lowest BCUT2D eigenvalue weighted by Crippen LogP contribution is -1.96. The molecule has 0 radical (unpaired) electrons. The standard InChI is InChI=1S/C12H13ClN2S/c1-3-8(2)16-11-9-6-4-5-7-10(9)14-12(13)15-11/h4-8H,3H2,1-2H3. The molecule has 2 aromatic rings. The second-order valence-electron chi connectivity index (χ2n) is 3.65. The van der Waals surface area contributed by atoms with Crippen LogP contribution >= 0.6 is 23.4 Å². The molecule has 0 aliphatic rings. The average Bonchev–Trinajstić information content (AvgIpc) is 2.28. The molecular formula is C12H13ClN2S. The highest BCUT2D eigenvalue weighted by molar-refractivity contribution is 8.00.